The lowest BCUT2D eigenvalue weighted by atomic mass is 9.82. The molecule has 0 aromatic rings. The van der Waals surface area contributed by atoms with Crippen molar-refractivity contribution >= 4 is 0 Å². The number of rotatable bonds is 0. The molecule has 3 heteroatoms. The predicted octanol–water partition coefficient (Wildman–Crippen LogP) is 3.38. The van der Waals surface area contributed by atoms with Gasteiger partial charge in [-0.15, -0.1) is 0 Å². The lowest BCUT2D eigenvalue weighted by Gasteiger charge is -2.28. The highest BCUT2D eigenvalue weighted by molar-refractivity contribution is 4.75. The van der Waals surface area contributed by atoms with Crippen LogP contribution in [0.5, 0.6) is 0 Å². The maximum absolute atomic E-state index is 12.1. The van der Waals surface area contributed by atoms with E-state index in [1.807, 2.05) is 6.92 Å². The molecule has 11 heavy (non-hydrogen) atoms. The van der Waals surface area contributed by atoms with Gasteiger partial charge in [-0.1, -0.05) is 19.8 Å². The summed E-state index contributed by atoms with van der Waals surface area (Å²) in [6.07, 6.45) is -1.57. The summed E-state index contributed by atoms with van der Waals surface area (Å²) < 4.78 is 36.3. The van der Waals surface area contributed by atoms with E-state index in [1.165, 1.54) is 0 Å². The summed E-state index contributed by atoms with van der Waals surface area (Å²) in [5, 5.41) is 0. The molecule has 0 amide bonds. The SMILES string of the molecule is C[C@@H]1CCC[C@@H](C(F)(F)F)C1. The fourth-order valence-electron chi connectivity index (χ4n) is 1.73. The van der Waals surface area contributed by atoms with Gasteiger partial charge in [0.1, 0.15) is 0 Å². The summed E-state index contributed by atoms with van der Waals surface area (Å²) in [6.45, 7) is 1.90. The second-order valence-electron chi connectivity index (χ2n) is 3.51. The summed E-state index contributed by atoms with van der Waals surface area (Å²) >= 11 is 0. The van der Waals surface area contributed by atoms with E-state index in [9.17, 15) is 13.2 Å². The van der Waals surface area contributed by atoms with Crippen molar-refractivity contribution in [2.75, 3.05) is 0 Å². The van der Waals surface area contributed by atoms with Crippen LogP contribution < -0.4 is 0 Å². The van der Waals surface area contributed by atoms with E-state index < -0.39 is 12.1 Å². The molecule has 66 valence electrons. The molecule has 0 spiro atoms. The highest BCUT2D eigenvalue weighted by Gasteiger charge is 2.41. The Balaban J connectivity index is 2.46. The average Bonchev–Trinajstić information content (AvgIpc) is 1.86. The van der Waals surface area contributed by atoms with E-state index in [2.05, 4.69) is 0 Å². The van der Waals surface area contributed by atoms with Gasteiger partial charge in [0.25, 0.3) is 0 Å². The minimum Gasteiger partial charge on any atom is -0.171 e. The van der Waals surface area contributed by atoms with Crippen molar-refractivity contribution in [2.24, 2.45) is 11.8 Å². The first-order valence-corrected chi connectivity index (χ1v) is 4.07. The Bertz CT molecular complexity index is 128. The number of halogens is 3. The Morgan fingerprint density at radius 3 is 2.18 bits per heavy atom. The first kappa shape index (κ1) is 8.88. The zero-order chi connectivity index (χ0) is 8.48. The summed E-state index contributed by atoms with van der Waals surface area (Å²) in [7, 11) is 0. The van der Waals surface area contributed by atoms with Crippen LogP contribution in [0.15, 0.2) is 0 Å². The normalized spacial score (nSPS) is 33.8. The van der Waals surface area contributed by atoms with Gasteiger partial charge in [-0.25, -0.2) is 0 Å². The molecular formula is C8H13F3. The Morgan fingerprint density at radius 1 is 1.18 bits per heavy atom. The molecule has 0 N–H and O–H groups in total. The van der Waals surface area contributed by atoms with E-state index in [0.717, 1.165) is 12.8 Å². The van der Waals surface area contributed by atoms with Crippen LogP contribution in [0.1, 0.15) is 32.6 Å². The topological polar surface area (TPSA) is 0 Å². The lowest BCUT2D eigenvalue weighted by molar-refractivity contribution is -0.185. The largest absolute Gasteiger partial charge is 0.391 e. The third kappa shape index (κ3) is 2.38. The van der Waals surface area contributed by atoms with Gasteiger partial charge >= 0.3 is 6.18 Å². The molecule has 1 rings (SSSR count). The molecule has 0 nitrogen and oxygen atoms in total. The van der Waals surface area contributed by atoms with E-state index >= 15 is 0 Å². The maximum Gasteiger partial charge on any atom is 0.391 e. The lowest BCUT2D eigenvalue weighted by Crippen LogP contribution is -2.27. The summed E-state index contributed by atoms with van der Waals surface area (Å²) in [5.74, 6) is -0.762. The van der Waals surface area contributed by atoms with Crippen LogP contribution in [0.2, 0.25) is 0 Å². The minimum atomic E-state index is -3.95. The Kier molecular flexibility index (Phi) is 2.45. The van der Waals surface area contributed by atoms with Crippen LogP contribution in [-0.2, 0) is 0 Å². The first-order chi connectivity index (χ1) is 5.00. The molecule has 1 aliphatic carbocycles. The maximum atomic E-state index is 12.1. The molecule has 2 atom stereocenters. The van der Waals surface area contributed by atoms with Crippen LogP contribution >= 0.6 is 0 Å². The van der Waals surface area contributed by atoms with Gasteiger partial charge in [0, 0.05) is 0 Å². The van der Waals surface area contributed by atoms with Crippen molar-refractivity contribution in [2.45, 2.75) is 38.8 Å². The molecule has 1 fully saturated rings. The highest BCUT2D eigenvalue weighted by atomic mass is 19.4. The second kappa shape index (κ2) is 3.03. The van der Waals surface area contributed by atoms with Gasteiger partial charge in [-0.3, -0.25) is 0 Å². The molecule has 0 aromatic heterocycles. The van der Waals surface area contributed by atoms with Crippen molar-refractivity contribution in [3.8, 4) is 0 Å². The van der Waals surface area contributed by atoms with Crippen LogP contribution in [0.25, 0.3) is 0 Å². The monoisotopic (exact) mass is 166 g/mol. The van der Waals surface area contributed by atoms with Crippen molar-refractivity contribution in [3.05, 3.63) is 0 Å². The van der Waals surface area contributed by atoms with E-state index in [1.54, 1.807) is 0 Å². The van der Waals surface area contributed by atoms with E-state index in [4.69, 9.17) is 0 Å². The molecule has 0 unspecified atom stereocenters. The van der Waals surface area contributed by atoms with Gasteiger partial charge in [-0.05, 0) is 18.8 Å². The van der Waals surface area contributed by atoms with Crippen molar-refractivity contribution in [1.82, 2.24) is 0 Å². The van der Waals surface area contributed by atoms with Gasteiger partial charge in [0.15, 0.2) is 0 Å². The Hall–Kier alpha value is -0.210. The fourth-order valence-corrected chi connectivity index (χ4v) is 1.73. The van der Waals surface area contributed by atoms with Crippen LogP contribution in [0, 0.1) is 11.8 Å². The minimum absolute atomic E-state index is 0.260. The first-order valence-electron chi connectivity index (χ1n) is 4.07. The van der Waals surface area contributed by atoms with Gasteiger partial charge in [0.2, 0.25) is 0 Å². The zero-order valence-electron chi connectivity index (χ0n) is 6.62. The molecule has 0 bridgehead atoms. The van der Waals surface area contributed by atoms with Crippen LogP contribution in [-0.4, -0.2) is 6.18 Å². The summed E-state index contributed by atoms with van der Waals surface area (Å²) in [6, 6.07) is 0. The van der Waals surface area contributed by atoms with E-state index in [0.29, 0.717) is 12.8 Å². The molecule has 1 aliphatic rings. The van der Waals surface area contributed by atoms with E-state index in [-0.39, 0.29) is 5.92 Å². The molecule has 1 saturated carbocycles. The Labute approximate surface area is 64.8 Å². The quantitative estimate of drug-likeness (QED) is 0.517. The van der Waals surface area contributed by atoms with Crippen LogP contribution in [0.3, 0.4) is 0 Å². The second-order valence-corrected chi connectivity index (χ2v) is 3.51. The fraction of sp³-hybridized carbons (Fsp3) is 1.00. The number of alkyl halides is 3. The van der Waals surface area contributed by atoms with Crippen molar-refractivity contribution < 1.29 is 13.2 Å². The van der Waals surface area contributed by atoms with Gasteiger partial charge in [0.05, 0.1) is 5.92 Å². The molecular weight excluding hydrogens is 153 g/mol. The summed E-state index contributed by atoms with van der Waals surface area (Å²) in [4.78, 5) is 0. The number of hydrogen-bond acceptors (Lipinski definition) is 0. The van der Waals surface area contributed by atoms with Crippen LogP contribution in [0.4, 0.5) is 13.2 Å². The zero-order valence-corrected chi connectivity index (χ0v) is 6.62. The Morgan fingerprint density at radius 2 is 1.82 bits per heavy atom. The van der Waals surface area contributed by atoms with Crippen molar-refractivity contribution in [1.29, 1.82) is 0 Å². The molecule has 0 heterocycles. The molecule has 0 aliphatic heterocycles. The predicted molar refractivity (Wildman–Crippen MR) is 37.2 cm³/mol. The highest BCUT2D eigenvalue weighted by Crippen LogP contribution is 2.39. The third-order valence-corrected chi connectivity index (χ3v) is 2.40. The standard InChI is InChI=1S/C8H13F3/c1-6-3-2-4-7(5-6)8(9,10)11/h6-7H,2-5H2,1H3/t6-,7-/m1/s1. The number of hydrogen-bond donors (Lipinski definition) is 0. The third-order valence-electron chi connectivity index (χ3n) is 2.40. The van der Waals surface area contributed by atoms with Gasteiger partial charge < -0.3 is 0 Å². The summed E-state index contributed by atoms with van der Waals surface area (Å²) in [5.41, 5.74) is 0. The average molecular weight is 166 g/mol. The molecule has 0 saturated heterocycles. The smallest absolute Gasteiger partial charge is 0.171 e. The molecule has 0 aromatic carbocycles. The van der Waals surface area contributed by atoms with Gasteiger partial charge in [-0.2, -0.15) is 13.2 Å². The molecule has 0 radical (unpaired) electrons. The van der Waals surface area contributed by atoms with Crippen molar-refractivity contribution in [3.63, 3.8) is 0 Å².